The third kappa shape index (κ3) is 3.46. The molecule has 0 atom stereocenters. The first kappa shape index (κ1) is 13.4. The number of rotatable bonds is 3. The molecule has 3 nitrogen and oxygen atoms in total. The van der Waals surface area contributed by atoms with Gasteiger partial charge in [0.15, 0.2) is 0 Å². The zero-order valence-corrected chi connectivity index (χ0v) is 11.2. The van der Waals surface area contributed by atoms with E-state index in [2.05, 4.69) is 17.0 Å². The molecule has 0 radical (unpaired) electrons. The molecular formula is C14H18ClN3. The average molecular weight is 264 g/mol. The Morgan fingerprint density at radius 2 is 2.11 bits per heavy atom. The Morgan fingerprint density at radius 3 is 2.72 bits per heavy atom. The van der Waals surface area contributed by atoms with E-state index < -0.39 is 0 Å². The van der Waals surface area contributed by atoms with E-state index >= 15 is 0 Å². The molecule has 1 aliphatic rings. The molecule has 4 heteroatoms. The van der Waals surface area contributed by atoms with Gasteiger partial charge in [-0.15, -0.1) is 0 Å². The van der Waals surface area contributed by atoms with Gasteiger partial charge in [0.05, 0.1) is 12.5 Å². The van der Waals surface area contributed by atoms with E-state index in [1.165, 1.54) is 5.56 Å². The number of piperidine rings is 1. The van der Waals surface area contributed by atoms with Crippen LogP contribution < -0.4 is 5.73 Å². The molecule has 0 bridgehead atoms. The van der Waals surface area contributed by atoms with E-state index in [0.717, 1.165) is 37.5 Å². The first-order valence-corrected chi connectivity index (χ1v) is 6.62. The van der Waals surface area contributed by atoms with Crippen molar-refractivity contribution in [2.24, 2.45) is 5.73 Å². The van der Waals surface area contributed by atoms with Crippen molar-refractivity contribution >= 4 is 11.6 Å². The SMILES string of the molecule is N#CCC1(N)CCN(Cc2cccc(Cl)c2)CC1. The van der Waals surface area contributed by atoms with Crippen LogP contribution in [-0.2, 0) is 6.54 Å². The summed E-state index contributed by atoms with van der Waals surface area (Å²) in [4.78, 5) is 2.37. The normalized spacial score (nSPS) is 19.4. The molecule has 1 aliphatic heterocycles. The molecule has 1 heterocycles. The molecule has 0 aliphatic carbocycles. The van der Waals surface area contributed by atoms with Crippen LogP contribution in [0.15, 0.2) is 24.3 Å². The maximum atomic E-state index is 8.76. The molecule has 0 unspecified atom stereocenters. The largest absolute Gasteiger partial charge is 0.324 e. The van der Waals surface area contributed by atoms with Gasteiger partial charge in [-0.05, 0) is 30.5 Å². The average Bonchev–Trinajstić information content (AvgIpc) is 2.33. The van der Waals surface area contributed by atoms with Gasteiger partial charge >= 0.3 is 0 Å². The Kier molecular flexibility index (Phi) is 4.23. The van der Waals surface area contributed by atoms with Crippen LogP contribution in [0, 0.1) is 11.3 Å². The summed E-state index contributed by atoms with van der Waals surface area (Å²) >= 11 is 5.97. The van der Waals surface area contributed by atoms with Gasteiger partial charge in [0.2, 0.25) is 0 Å². The second kappa shape index (κ2) is 5.71. The van der Waals surface area contributed by atoms with Crippen LogP contribution in [0.2, 0.25) is 5.02 Å². The van der Waals surface area contributed by atoms with E-state index in [4.69, 9.17) is 22.6 Å². The van der Waals surface area contributed by atoms with Gasteiger partial charge in [-0.3, -0.25) is 4.90 Å². The molecule has 1 aromatic carbocycles. The quantitative estimate of drug-likeness (QED) is 0.912. The Bertz CT molecular complexity index is 445. The van der Waals surface area contributed by atoms with Crippen LogP contribution in [-0.4, -0.2) is 23.5 Å². The summed E-state index contributed by atoms with van der Waals surface area (Å²) in [6.07, 6.45) is 2.24. The van der Waals surface area contributed by atoms with E-state index in [1.54, 1.807) is 0 Å². The minimum atomic E-state index is -0.278. The van der Waals surface area contributed by atoms with Gasteiger partial charge in [-0.25, -0.2) is 0 Å². The molecule has 18 heavy (non-hydrogen) atoms. The smallest absolute Gasteiger partial charge is 0.0641 e. The van der Waals surface area contributed by atoms with Crippen molar-refractivity contribution in [3.8, 4) is 6.07 Å². The molecule has 0 amide bonds. The Hall–Kier alpha value is -1.08. The number of hydrogen-bond donors (Lipinski definition) is 1. The second-order valence-corrected chi connectivity index (χ2v) is 5.54. The molecule has 2 rings (SSSR count). The van der Waals surface area contributed by atoms with Gasteiger partial charge < -0.3 is 5.73 Å². The highest BCUT2D eigenvalue weighted by molar-refractivity contribution is 6.30. The van der Waals surface area contributed by atoms with Crippen LogP contribution in [0.4, 0.5) is 0 Å². The second-order valence-electron chi connectivity index (χ2n) is 5.10. The van der Waals surface area contributed by atoms with Crippen molar-refractivity contribution in [2.45, 2.75) is 31.3 Å². The zero-order valence-electron chi connectivity index (χ0n) is 10.4. The highest BCUT2D eigenvalue weighted by Gasteiger charge is 2.30. The third-order valence-electron chi connectivity index (χ3n) is 3.58. The summed E-state index contributed by atoms with van der Waals surface area (Å²) in [6, 6.07) is 10.1. The lowest BCUT2D eigenvalue weighted by Gasteiger charge is -2.37. The zero-order chi connectivity index (χ0) is 13.0. The van der Waals surface area contributed by atoms with Gasteiger partial charge in [0.1, 0.15) is 0 Å². The predicted octanol–water partition coefficient (Wildman–Crippen LogP) is 2.55. The Morgan fingerprint density at radius 1 is 1.39 bits per heavy atom. The van der Waals surface area contributed by atoms with E-state index in [-0.39, 0.29) is 5.54 Å². The molecule has 96 valence electrons. The molecule has 0 saturated carbocycles. The van der Waals surface area contributed by atoms with Crippen LogP contribution in [0.1, 0.15) is 24.8 Å². The molecule has 0 aromatic heterocycles. The van der Waals surface area contributed by atoms with Crippen molar-refractivity contribution < 1.29 is 0 Å². The summed E-state index contributed by atoms with van der Waals surface area (Å²) in [7, 11) is 0. The van der Waals surface area contributed by atoms with Crippen LogP contribution >= 0.6 is 11.6 Å². The number of nitrogens with two attached hydrogens (primary N) is 1. The molecule has 2 N–H and O–H groups in total. The summed E-state index contributed by atoms with van der Waals surface area (Å²) in [5, 5.41) is 9.54. The third-order valence-corrected chi connectivity index (χ3v) is 3.81. The maximum Gasteiger partial charge on any atom is 0.0641 e. The lowest BCUT2D eigenvalue weighted by Crippen LogP contribution is -2.49. The van der Waals surface area contributed by atoms with Gasteiger partial charge in [-0.1, -0.05) is 23.7 Å². The summed E-state index contributed by atoms with van der Waals surface area (Å²) in [5.74, 6) is 0. The van der Waals surface area contributed by atoms with E-state index in [1.807, 2.05) is 18.2 Å². The number of likely N-dealkylation sites (tertiary alicyclic amines) is 1. The Balaban J connectivity index is 1.89. The molecule has 1 saturated heterocycles. The van der Waals surface area contributed by atoms with E-state index in [0.29, 0.717) is 6.42 Å². The van der Waals surface area contributed by atoms with Crippen LogP contribution in [0.3, 0.4) is 0 Å². The summed E-state index contributed by atoms with van der Waals surface area (Å²) in [6.45, 7) is 2.80. The predicted molar refractivity (Wildman–Crippen MR) is 73.1 cm³/mol. The minimum Gasteiger partial charge on any atom is -0.324 e. The highest BCUT2D eigenvalue weighted by Crippen LogP contribution is 2.24. The monoisotopic (exact) mass is 263 g/mol. The maximum absolute atomic E-state index is 8.76. The first-order chi connectivity index (χ1) is 8.61. The number of nitriles is 1. The van der Waals surface area contributed by atoms with Gasteiger partial charge in [0.25, 0.3) is 0 Å². The van der Waals surface area contributed by atoms with Crippen molar-refractivity contribution in [1.82, 2.24) is 4.90 Å². The van der Waals surface area contributed by atoms with Crippen molar-refractivity contribution in [1.29, 1.82) is 5.26 Å². The topological polar surface area (TPSA) is 53.1 Å². The highest BCUT2D eigenvalue weighted by atomic mass is 35.5. The van der Waals surface area contributed by atoms with Crippen LogP contribution in [0.5, 0.6) is 0 Å². The van der Waals surface area contributed by atoms with E-state index in [9.17, 15) is 0 Å². The minimum absolute atomic E-state index is 0.278. The fourth-order valence-corrected chi connectivity index (χ4v) is 2.60. The fourth-order valence-electron chi connectivity index (χ4n) is 2.38. The molecule has 1 fully saturated rings. The number of nitrogens with zero attached hydrogens (tertiary/aromatic N) is 2. The van der Waals surface area contributed by atoms with Crippen LogP contribution in [0.25, 0.3) is 0 Å². The standard InChI is InChI=1S/C14H18ClN3/c15-13-3-1-2-12(10-13)11-18-8-5-14(17,4-7-16)6-9-18/h1-3,10H,4-6,8-9,11,17H2. The van der Waals surface area contributed by atoms with Gasteiger partial charge in [0, 0.05) is 30.2 Å². The van der Waals surface area contributed by atoms with Crippen molar-refractivity contribution in [2.75, 3.05) is 13.1 Å². The summed E-state index contributed by atoms with van der Waals surface area (Å²) < 4.78 is 0. The van der Waals surface area contributed by atoms with Crippen molar-refractivity contribution in [3.05, 3.63) is 34.9 Å². The van der Waals surface area contributed by atoms with Crippen molar-refractivity contribution in [3.63, 3.8) is 0 Å². The lowest BCUT2D eigenvalue weighted by molar-refractivity contribution is 0.157. The number of halogens is 1. The summed E-state index contributed by atoms with van der Waals surface area (Å²) in [5.41, 5.74) is 7.13. The lowest BCUT2D eigenvalue weighted by atomic mass is 9.86. The molecule has 0 spiro atoms. The fraction of sp³-hybridized carbons (Fsp3) is 0.500. The molecular weight excluding hydrogens is 246 g/mol. The Labute approximate surface area is 113 Å². The number of hydrogen-bond acceptors (Lipinski definition) is 3. The molecule has 1 aromatic rings. The van der Waals surface area contributed by atoms with Gasteiger partial charge in [-0.2, -0.15) is 5.26 Å². The number of benzene rings is 1. The first-order valence-electron chi connectivity index (χ1n) is 6.24.